The maximum Gasteiger partial charge on any atom is 0.330 e. The van der Waals surface area contributed by atoms with Gasteiger partial charge in [0.1, 0.15) is 6.04 Å². The number of rotatable bonds is 4. The number of anilines is 1. The minimum atomic E-state index is -0.933. The standard InChI is InChI=1S/C19H24N2O4S/c1-11-5-6-14(12(2)9-11)20-17(23)13(3)25-18(24)15-10-26-19(4)8-7-16(22)21(15)19/h5-6,9,13,15H,7-8,10H2,1-4H3,(H,20,23)/t13-,15-,19+/m1/s1. The first-order valence-electron chi connectivity index (χ1n) is 8.76. The van der Waals surface area contributed by atoms with E-state index < -0.39 is 18.1 Å². The lowest BCUT2D eigenvalue weighted by Crippen LogP contribution is -2.48. The molecule has 3 rings (SSSR count). The Bertz CT molecular complexity index is 766. The van der Waals surface area contributed by atoms with Crippen molar-refractivity contribution in [3.8, 4) is 0 Å². The van der Waals surface area contributed by atoms with Gasteiger partial charge in [0.15, 0.2) is 6.10 Å². The van der Waals surface area contributed by atoms with E-state index in [1.54, 1.807) is 23.6 Å². The van der Waals surface area contributed by atoms with Gasteiger partial charge >= 0.3 is 5.97 Å². The SMILES string of the molecule is Cc1ccc(NC(=O)[C@@H](C)OC(=O)[C@H]2CS[C@@]3(C)CCC(=O)N23)c(C)c1. The van der Waals surface area contributed by atoms with E-state index in [9.17, 15) is 14.4 Å². The zero-order valence-corrected chi connectivity index (χ0v) is 16.3. The second kappa shape index (κ2) is 6.95. The quantitative estimate of drug-likeness (QED) is 0.818. The van der Waals surface area contributed by atoms with Crippen LogP contribution in [0.2, 0.25) is 0 Å². The fraction of sp³-hybridized carbons (Fsp3) is 0.526. The molecule has 0 bridgehead atoms. The average molecular weight is 376 g/mol. The van der Waals surface area contributed by atoms with Gasteiger partial charge in [-0.15, -0.1) is 11.8 Å². The van der Waals surface area contributed by atoms with Crippen LogP contribution in [0.15, 0.2) is 18.2 Å². The molecule has 1 N–H and O–H groups in total. The van der Waals surface area contributed by atoms with E-state index in [1.807, 2.05) is 39.0 Å². The van der Waals surface area contributed by atoms with Crippen molar-refractivity contribution in [3.63, 3.8) is 0 Å². The van der Waals surface area contributed by atoms with Crippen LogP contribution in [-0.2, 0) is 19.1 Å². The van der Waals surface area contributed by atoms with Crippen molar-refractivity contribution in [2.45, 2.75) is 57.6 Å². The summed E-state index contributed by atoms with van der Waals surface area (Å²) >= 11 is 1.60. The number of hydrogen-bond acceptors (Lipinski definition) is 5. The molecule has 2 saturated heterocycles. The molecular formula is C19H24N2O4S. The van der Waals surface area contributed by atoms with E-state index >= 15 is 0 Å². The van der Waals surface area contributed by atoms with Crippen LogP contribution in [0.1, 0.15) is 37.8 Å². The third-order valence-electron chi connectivity index (χ3n) is 5.02. The molecule has 2 heterocycles. The van der Waals surface area contributed by atoms with Gasteiger partial charge in [0, 0.05) is 17.9 Å². The Balaban J connectivity index is 1.62. The second-order valence-electron chi connectivity index (χ2n) is 7.15. The van der Waals surface area contributed by atoms with Crippen LogP contribution in [0, 0.1) is 13.8 Å². The van der Waals surface area contributed by atoms with E-state index in [1.165, 1.54) is 0 Å². The molecule has 6 nitrogen and oxygen atoms in total. The molecule has 7 heteroatoms. The van der Waals surface area contributed by atoms with Crippen molar-refractivity contribution >= 4 is 35.2 Å². The minimum absolute atomic E-state index is 0.0214. The lowest BCUT2D eigenvalue weighted by atomic mass is 10.1. The molecule has 2 amide bonds. The molecule has 0 saturated carbocycles. The van der Waals surface area contributed by atoms with Crippen molar-refractivity contribution in [2.24, 2.45) is 0 Å². The molecule has 2 aliphatic heterocycles. The van der Waals surface area contributed by atoms with Crippen molar-refractivity contribution in [3.05, 3.63) is 29.3 Å². The first-order valence-corrected chi connectivity index (χ1v) is 9.74. The van der Waals surface area contributed by atoms with Gasteiger partial charge < -0.3 is 15.0 Å². The van der Waals surface area contributed by atoms with Crippen LogP contribution in [0.4, 0.5) is 5.69 Å². The van der Waals surface area contributed by atoms with Gasteiger partial charge in [-0.3, -0.25) is 9.59 Å². The number of hydrogen-bond donors (Lipinski definition) is 1. The number of carbonyl (C=O) groups excluding carboxylic acids is 3. The van der Waals surface area contributed by atoms with E-state index in [2.05, 4.69) is 5.32 Å². The predicted molar refractivity (Wildman–Crippen MR) is 101 cm³/mol. The fourth-order valence-corrected chi connectivity index (χ4v) is 4.91. The van der Waals surface area contributed by atoms with Crippen LogP contribution >= 0.6 is 11.8 Å². The Morgan fingerprint density at radius 3 is 2.81 bits per heavy atom. The minimum Gasteiger partial charge on any atom is -0.451 e. The zero-order chi connectivity index (χ0) is 19.1. The molecule has 0 aliphatic carbocycles. The molecule has 0 radical (unpaired) electrons. The van der Waals surface area contributed by atoms with E-state index in [-0.39, 0.29) is 16.7 Å². The molecule has 140 valence electrons. The van der Waals surface area contributed by atoms with Gasteiger partial charge in [-0.2, -0.15) is 0 Å². The summed E-state index contributed by atoms with van der Waals surface area (Å²) in [4.78, 5) is 38.4. The Morgan fingerprint density at radius 1 is 1.38 bits per heavy atom. The van der Waals surface area contributed by atoms with Crippen molar-refractivity contribution in [2.75, 3.05) is 11.1 Å². The highest BCUT2D eigenvalue weighted by molar-refractivity contribution is 8.01. The second-order valence-corrected chi connectivity index (χ2v) is 8.65. The maximum absolute atomic E-state index is 12.5. The largest absolute Gasteiger partial charge is 0.451 e. The number of fused-ring (bicyclic) bond motifs is 1. The third kappa shape index (κ3) is 3.45. The Hall–Kier alpha value is -2.02. The van der Waals surface area contributed by atoms with Crippen LogP contribution in [-0.4, -0.2) is 45.5 Å². The van der Waals surface area contributed by atoms with Gasteiger partial charge in [-0.1, -0.05) is 17.7 Å². The molecule has 2 fully saturated rings. The summed E-state index contributed by atoms with van der Waals surface area (Å²) in [6.07, 6.45) is 0.261. The van der Waals surface area contributed by atoms with Gasteiger partial charge in [-0.25, -0.2) is 4.79 Å². The molecule has 26 heavy (non-hydrogen) atoms. The van der Waals surface area contributed by atoms with Crippen LogP contribution in [0.5, 0.6) is 0 Å². The van der Waals surface area contributed by atoms with Gasteiger partial charge in [0.2, 0.25) is 5.91 Å². The maximum atomic E-state index is 12.5. The van der Waals surface area contributed by atoms with Crippen LogP contribution in [0.25, 0.3) is 0 Å². The zero-order valence-electron chi connectivity index (χ0n) is 15.5. The van der Waals surface area contributed by atoms with Gasteiger partial charge in [0.25, 0.3) is 5.91 Å². The third-order valence-corrected chi connectivity index (χ3v) is 6.52. The fourth-order valence-electron chi connectivity index (χ4n) is 3.49. The monoisotopic (exact) mass is 376 g/mol. The lowest BCUT2D eigenvalue weighted by molar-refractivity contribution is -0.160. The van der Waals surface area contributed by atoms with Crippen molar-refractivity contribution in [1.82, 2.24) is 4.90 Å². The normalized spacial score (nSPS) is 25.8. The summed E-state index contributed by atoms with van der Waals surface area (Å²) in [5, 5.41) is 2.79. The first-order chi connectivity index (χ1) is 12.2. The summed E-state index contributed by atoms with van der Waals surface area (Å²) in [5.41, 5.74) is 2.75. The van der Waals surface area contributed by atoms with Gasteiger partial charge in [-0.05, 0) is 45.7 Å². The summed E-state index contributed by atoms with van der Waals surface area (Å²) in [6.45, 7) is 7.42. The molecule has 0 unspecified atom stereocenters. The smallest absolute Gasteiger partial charge is 0.330 e. The number of amides is 2. The average Bonchev–Trinajstić information content (AvgIpc) is 3.06. The molecule has 1 aromatic carbocycles. The highest BCUT2D eigenvalue weighted by Gasteiger charge is 2.53. The number of ether oxygens (including phenoxy) is 1. The first kappa shape index (κ1) is 18.8. The number of thioether (sulfide) groups is 1. The highest BCUT2D eigenvalue weighted by atomic mass is 32.2. The number of aryl methyl sites for hydroxylation is 2. The number of benzene rings is 1. The highest BCUT2D eigenvalue weighted by Crippen LogP contribution is 2.47. The molecule has 0 spiro atoms. The summed E-state index contributed by atoms with van der Waals surface area (Å²) in [6, 6.07) is 5.10. The van der Waals surface area contributed by atoms with Crippen LogP contribution < -0.4 is 5.32 Å². The van der Waals surface area contributed by atoms with E-state index in [0.717, 1.165) is 17.5 Å². The summed E-state index contributed by atoms with van der Waals surface area (Å²) < 4.78 is 5.38. The molecule has 0 aromatic heterocycles. The molecule has 2 aliphatic rings. The van der Waals surface area contributed by atoms with E-state index in [0.29, 0.717) is 17.9 Å². The Labute approximate surface area is 157 Å². The summed E-state index contributed by atoms with van der Waals surface area (Å²) in [7, 11) is 0. The summed E-state index contributed by atoms with van der Waals surface area (Å²) in [5.74, 6) is -0.412. The number of nitrogens with one attached hydrogen (secondary N) is 1. The number of nitrogens with zero attached hydrogens (tertiary/aromatic N) is 1. The lowest BCUT2D eigenvalue weighted by Gasteiger charge is -2.29. The van der Waals surface area contributed by atoms with Crippen molar-refractivity contribution < 1.29 is 19.1 Å². The van der Waals surface area contributed by atoms with Gasteiger partial charge in [0.05, 0.1) is 4.87 Å². The molecule has 3 atom stereocenters. The van der Waals surface area contributed by atoms with E-state index in [4.69, 9.17) is 4.74 Å². The molecule has 1 aromatic rings. The number of carbonyl (C=O) groups is 3. The van der Waals surface area contributed by atoms with Crippen LogP contribution in [0.3, 0.4) is 0 Å². The predicted octanol–water partition coefficient (Wildman–Crippen LogP) is 2.63. The Morgan fingerprint density at radius 2 is 2.12 bits per heavy atom. The number of esters is 1. The molecular weight excluding hydrogens is 352 g/mol. The topological polar surface area (TPSA) is 75.7 Å². The Kier molecular flexibility index (Phi) is 5.01. The van der Waals surface area contributed by atoms with Crippen molar-refractivity contribution in [1.29, 1.82) is 0 Å².